The van der Waals surface area contributed by atoms with Gasteiger partial charge < -0.3 is 30.0 Å². The summed E-state index contributed by atoms with van der Waals surface area (Å²) in [6, 6.07) is 7.31. The molecule has 9 nitrogen and oxygen atoms in total. The summed E-state index contributed by atoms with van der Waals surface area (Å²) in [5, 5.41) is 13.3. The van der Waals surface area contributed by atoms with E-state index >= 15 is 0 Å². The van der Waals surface area contributed by atoms with Crippen molar-refractivity contribution in [1.29, 1.82) is 5.26 Å². The van der Waals surface area contributed by atoms with Crippen LogP contribution in [0.15, 0.2) is 24.4 Å². The molecule has 164 valence electrons. The van der Waals surface area contributed by atoms with Gasteiger partial charge in [0.15, 0.2) is 5.69 Å². The van der Waals surface area contributed by atoms with Gasteiger partial charge in [0, 0.05) is 30.4 Å². The van der Waals surface area contributed by atoms with Crippen molar-refractivity contribution in [2.45, 2.75) is 25.8 Å². The number of methoxy groups -OCH3 is 1. The average Bonchev–Trinajstić information content (AvgIpc) is 3.11. The number of hydrogen-bond donors (Lipinski definition) is 2. The monoisotopic (exact) mass is 445 g/mol. The summed E-state index contributed by atoms with van der Waals surface area (Å²) in [4.78, 5) is 26.0. The van der Waals surface area contributed by atoms with Gasteiger partial charge in [0.2, 0.25) is 0 Å². The van der Waals surface area contributed by atoms with E-state index in [1.807, 2.05) is 6.07 Å². The lowest BCUT2D eigenvalue weighted by Crippen LogP contribution is -2.42. The Kier molecular flexibility index (Phi) is 6.92. The Morgan fingerprint density at radius 2 is 2.06 bits per heavy atom. The molecule has 0 radical (unpaired) electrons. The largest absolute Gasteiger partial charge is 0.464 e. The molecule has 3 rings (SSSR count). The van der Waals surface area contributed by atoms with Crippen LogP contribution in [0.3, 0.4) is 0 Å². The lowest BCUT2D eigenvalue weighted by Gasteiger charge is -2.32. The number of nitrogens with two attached hydrogens (primary N) is 1. The molecule has 1 amide bonds. The fraction of sp³-hybridized carbons (Fsp3) is 0.381. The first-order valence-corrected chi connectivity index (χ1v) is 10.2. The van der Waals surface area contributed by atoms with Crippen molar-refractivity contribution < 1.29 is 19.1 Å². The number of aromatic nitrogens is 1. The summed E-state index contributed by atoms with van der Waals surface area (Å²) >= 11 is 6.23. The highest BCUT2D eigenvalue weighted by atomic mass is 35.5. The quantitative estimate of drug-likeness (QED) is 0.676. The summed E-state index contributed by atoms with van der Waals surface area (Å²) in [5.74, 6) is -0.660. The third-order valence-electron chi connectivity index (χ3n) is 5.14. The van der Waals surface area contributed by atoms with Gasteiger partial charge in [0.25, 0.3) is 0 Å². The zero-order chi connectivity index (χ0) is 22.5. The van der Waals surface area contributed by atoms with Gasteiger partial charge in [0.1, 0.15) is 6.07 Å². The highest BCUT2D eigenvalue weighted by Crippen LogP contribution is 2.32. The normalized spacial score (nSPS) is 14.1. The molecule has 2 aromatic rings. The second kappa shape index (κ2) is 9.62. The van der Waals surface area contributed by atoms with Gasteiger partial charge in [0.05, 0.1) is 36.3 Å². The lowest BCUT2D eigenvalue weighted by molar-refractivity contribution is 0.0593. The van der Waals surface area contributed by atoms with E-state index in [1.165, 1.54) is 17.9 Å². The third kappa shape index (κ3) is 4.70. The number of esters is 1. The van der Waals surface area contributed by atoms with Crippen LogP contribution in [0, 0.1) is 11.3 Å². The van der Waals surface area contributed by atoms with Crippen LogP contribution in [0.25, 0.3) is 5.69 Å². The predicted octanol–water partition coefficient (Wildman–Crippen LogP) is 3.40. The number of halogens is 1. The first kappa shape index (κ1) is 22.3. The molecule has 0 saturated carbocycles. The number of piperidine rings is 1. The van der Waals surface area contributed by atoms with Crippen LogP contribution in [0.2, 0.25) is 5.02 Å². The van der Waals surface area contributed by atoms with Crippen LogP contribution in [-0.2, 0) is 9.47 Å². The Balaban J connectivity index is 1.89. The first-order chi connectivity index (χ1) is 14.9. The number of ether oxygens (including phenoxy) is 2. The van der Waals surface area contributed by atoms with E-state index in [0.717, 1.165) is 12.8 Å². The van der Waals surface area contributed by atoms with Crippen molar-refractivity contribution in [3.63, 3.8) is 0 Å². The summed E-state index contributed by atoms with van der Waals surface area (Å²) in [6.07, 6.45) is 2.63. The maximum absolute atomic E-state index is 12.4. The van der Waals surface area contributed by atoms with Crippen molar-refractivity contribution in [1.82, 2.24) is 9.47 Å². The SMILES string of the molecule is CCOC(=O)N1CCC(Nc2ccc(Cl)cc2-n2cc(C#N)c(N)c2C(=O)OC)CC1. The van der Waals surface area contributed by atoms with E-state index in [0.29, 0.717) is 36.1 Å². The molecule has 1 aromatic heterocycles. The Labute approximate surface area is 185 Å². The summed E-state index contributed by atoms with van der Waals surface area (Å²) < 4.78 is 11.4. The van der Waals surface area contributed by atoms with Crippen molar-refractivity contribution in [3.05, 3.63) is 40.7 Å². The number of carbonyl (C=O) groups is 2. The molecule has 2 heterocycles. The number of anilines is 2. The number of benzene rings is 1. The second-order valence-electron chi connectivity index (χ2n) is 7.04. The van der Waals surface area contributed by atoms with Gasteiger partial charge in [-0.25, -0.2) is 9.59 Å². The average molecular weight is 446 g/mol. The zero-order valence-corrected chi connectivity index (χ0v) is 18.1. The molecule has 1 aliphatic rings. The first-order valence-electron chi connectivity index (χ1n) is 9.87. The minimum Gasteiger partial charge on any atom is -0.464 e. The van der Waals surface area contributed by atoms with E-state index in [-0.39, 0.29) is 29.1 Å². The standard InChI is InChI=1S/C21H24ClN5O4/c1-3-31-21(29)26-8-6-15(7-9-26)25-16-5-4-14(22)10-17(16)27-12-13(11-23)18(24)19(27)20(28)30-2/h4-5,10,12,15,25H,3,6-9,24H2,1-2H3. The van der Waals surface area contributed by atoms with Crippen LogP contribution >= 0.6 is 11.6 Å². The Morgan fingerprint density at radius 1 is 1.35 bits per heavy atom. The molecule has 1 aromatic carbocycles. The molecule has 10 heteroatoms. The predicted molar refractivity (Wildman–Crippen MR) is 116 cm³/mol. The number of nitrogens with one attached hydrogen (secondary N) is 1. The third-order valence-corrected chi connectivity index (χ3v) is 5.38. The van der Waals surface area contributed by atoms with E-state index in [4.69, 9.17) is 26.8 Å². The van der Waals surface area contributed by atoms with E-state index in [2.05, 4.69) is 5.32 Å². The van der Waals surface area contributed by atoms with Gasteiger partial charge >= 0.3 is 12.1 Å². The molecule has 0 spiro atoms. The number of nitriles is 1. The highest BCUT2D eigenvalue weighted by Gasteiger charge is 2.26. The van der Waals surface area contributed by atoms with Gasteiger partial charge in [-0.05, 0) is 38.0 Å². The van der Waals surface area contributed by atoms with Crippen LogP contribution in [0.4, 0.5) is 16.2 Å². The number of hydrogen-bond acceptors (Lipinski definition) is 7. The number of likely N-dealkylation sites (tertiary alicyclic amines) is 1. The zero-order valence-electron chi connectivity index (χ0n) is 17.4. The van der Waals surface area contributed by atoms with E-state index in [1.54, 1.807) is 30.0 Å². The van der Waals surface area contributed by atoms with Crippen molar-refractivity contribution in [3.8, 4) is 11.8 Å². The Hall–Kier alpha value is -3.38. The van der Waals surface area contributed by atoms with Gasteiger partial charge in [-0.1, -0.05) is 11.6 Å². The summed E-state index contributed by atoms with van der Waals surface area (Å²) in [5.41, 5.74) is 7.56. The van der Waals surface area contributed by atoms with Gasteiger partial charge in [-0.15, -0.1) is 0 Å². The van der Waals surface area contributed by atoms with Gasteiger partial charge in [-0.2, -0.15) is 5.26 Å². The molecule has 0 aliphatic carbocycles. The van der Waals surface area contributed by atoms with Crippen LogP contribution in [-0.4, -0.2) is 54.4 Å². The number of amides is 1. The number of rotatable bonds is 5. The maximum Gasteiger partial charge on any atom is 0.409 e. The fourth-order valence-electron chi connectivity index (χ4n) is 3.57. The smallest absolute Gasteiger partial charge is 0.409 e. The van der Waals surface area contributed by atoms with Crippen molar-refractivity contribution in [2.75, 3.05) is 37.9 Å². The molecular weight excluding hydrogens is 422 g/mol. The minimum absolute atomic E-state index is 0.0445. The molecule has 0 unspecified atom stereocenters. The molecule has 1 saturated heterocycles. The summed E-state index contributed by atoms with van der Waals surface area (Å²) in [6.45, 7) is 3.27. The van der Waals surface area contributed by atoms with E-state index in [9.17, 15) is 14.9 Å². The van der Waals surface area contributed by atoms with Crippen LogP contribution in [0.1, 0.15) is 35.8 Å². The molecule has 0 bridgehead atoms. The fourth-order valence-corrected chi connectivity index (χ4v) is 3.74. The van der Waals surface area contributed by atoms with E-state index < -0.39 is 5.97 Å². The molecule has 0 atom stereocenters. The van der Waals surface area contributed by atoms with Crippen LogP contribution < -0.4 is 11.1 Å². The van der Waals surface area contributed by atoms with Crippen molar-refractivity contribution in [2.24, 2.45) is 0 Å². The number of carbonyl (C=O) groups excluding carboxylic acids is 2. The van der Waals surface area contributed by atoms with Gasteiger partial charge in [-0.3, -0.25) is 0 Å². The molecule has 3 N–H and O–H groups in total. The molecule has 1 aliphatic heterocycles. The Bertz CT molecular complexity index is 1020. The molecule has 31 heavy (non-hydrogen) atoms. The topological polar surface area (TPSA) is 123 Å². The van der Waals surface area contributed by atoms with Crippen LogP contribution in [0.5, 0.6) is 0 Å². The maximum atomic E-state index is 12.4. The van der Waals surface area contributed by atoms with Crippen molar-refractivity contribution >= 4 is 35.0 Å². The number of nitrogen functional groups attached to an aromatic ring is 1. The number of nitrogens with zero attached hydrogens (tertiary/aromatic N) is 3. The highest BCUT2D eigenvalue weighted by molar-refractivity contribution is 6.30. The lowest BCUT2D eigenvalue weighted by atomic mass is 10.0. The minimum atomic E-state index is -0.660. The second-order valence-corrected chi connectivity index (χ2v) is 7.48. The molecule has 1 fully saturated rings. The summed E-state index contributed by atoms with van der Waals surface area (Å²) in [7, 11) is 1.25. The Morgan fingerprint density at radius 3 is 2.68 bits per heavy atom. The molecular formula is C21H24ClN5O4.